The van der Waals surface area contributed by atoms with Gasteiger partial charge in [-0.2, -0.15) is 4.52 Å². The predicted molar refractivity (Wildman–Crippen MR) is 142 cm³/mol. The summed E-state index contributed by atoms with van der Waals surface area (Å²) in [5.41, 5.74) is 3.37. The maximum Gasteiger partial charge on any atom is 0.225 e. The van der Waals surface area contributed by atoms with E-state index in [9.17, 15) is 4.79 Å². The monoisotopic (exact) mass is 492 g/mol. The van der Waals surface area contributed by atoms with Crippen molar-refractivity contribution in [2.75, 3.05) is 36.4 Å². The molecule has 2 saturated carbocycles. The highest BCUT2D eigenvalue weighted by atomic mass is 32.1. The number of aryl methyl sites for hydroxylation is 1. The minimum absolute atomic E-state index is 0.253. The lowest BCUT2D eigenvalue weighted by molar-refractivity contribution is -0.136. The number of piperazine rings is 1. The van der Waals surface area contributed by atoms with E-state index in [1.54, 1.807) is 11.3 Å². The lowest BCUT2D eigenvalue weighted by Crippen LogP contribution is -2.50. The summed E-state index contributed by atoms with van der Waals surface area (Å²) in [6.45, 7) is 5.37. The van der Waals surface area contributed by atoms with Gasteiger partial charge in [-0.1, -0.05) is 73.3 Å². The SMILES string of the molecule is Cc1ccc(-c2nc3sc(N4CCN(C(=O)C5CCCCC5)CC4)nn3c2NC2CCCC2)cc1. The normalized spacial score (nSPS) is 20.1. The molecule has 7 nitrogen and oxygen atoms in total. The van der Waals surface area contributed by atoms with Crippen LogP contribution in [0.2, 0.25) is 0 Å². The van der Waals surface area contributed by atoms with Crippen molar-refractivity contribution in [3.8, 4) is 11.3 Å². The van der Waals surface area contributed by atoms with Crippen LogP contribution in [0.4, 0.5) is 10.9 Å². The van der Waals surface area contributed by atoms with E-state index >= 15 is 0 Å². The maximum atomic E-state index is 13.0. The summed E-state index contributed by atoms with van der Waals surface area (Å²) in [7, 11) is 0. The van der Waals surface area contributed by atoms with Crippen LogP contribution in [0.15, 0.2) is 24.3 Å². The van der Waals surface area contributed by atoms with Gasteiger partial charge >= 0.3 is 0 Å². The van der Waals surface area contributed by atoms with Gasteiger partial charge in [-0.05, 0) is 32.6 Å². The summed E-state index contributed by atoms with van der Waals surface area (Å²) < 4.78 is 2.02. The van der Waals surface area contributed by atoms with Gasteiger partial charge in [0.1, 0.15) is 5.69 Å². The highest BCUT2D eigenvalue weighted by Gasteiger charge is 2.30. The summed E-state index contributed by atoms with van der Waals surface area (Å²) in [6, 6.07) is 9.10. The first-order chi connectivity index (χ1) is 17.2. The van der Waals surface area contributed by atoms with Crippen LogP contribution in [-0.4, -0.2) is 57.6 Å². The van der Waals surface area contributed by atoms with Crippen molar-refractivity contribution in [2.24, 2.45) is 5.92 Å². The van der Waals surface area contributed by atoms with Crippen molar-refractivity contribution < 1.29 is 4.79 Å². The highest BCUT2D eigenvalue weighted by Crippen LogP contribution is 2.36. The number of carbonyl (C=O) groups excluding carboxylic acids is 1. The topological polar surface area (TPSA) is 65.8 Å². The van der Waals surface area contributed by atoms with E-state index in [4.69, 9.17) is 10.1 Å². The number of rotatable bonds is 5. The molecule has 1 aromatic carbocycles. The van der Waals surface area contributed by atoms with Gasteiger partial charge in [0, 0.05) is 43.7 Å². The number of amides is 1. The molecule has 186 valence electrons. The number of nitrogens with one attached hydrogen (secondary N) is 1. The first kappa shape index (κ1) is 22.8. The Hall–Kier alpha value is -2.61. The van der Waals surface area contributed by atoms with Crippen molar-refractivity contribution in [2.45, 2.75) is 70.8 Å². The van der Waals surface area contributed by atoms with E-state index in [0.717, 1.165) is 66.2 Å². The van der Waals surface area contributed by atoms with Crippen molar-refractivity contribution in [1.29, 1.82) is 0 Å². The van der Waals surface area contributed by atoms with Crippen LogP contribution < -0.4 is 10.2 Å². The standard InChI is InChI=1S/C27H36N6OS/c1-19-11-13-20(14-12-19)23-24(28-22-9-5-6-10-22)33-26(29-23)35-27(30-33)32-17-15-31(16-18-32)25(34)21-7-3-2-4-8-21/h11-14,21-22,28H,2-10,15-18H2,1H3. The molecule has 1 N–H and O–H groups in total. The number of hydrogen-bond donors (Lipinski definition) is 1. The van der Waals surface area contributed by atoms with E-state index in [1.807, 2.05) is 4.52 Å². The summed E-state index contributed by atoms with van der Waals surface area (Å²) in [5, 5.41) is 9.83. The summed E-state index contributed by atoms with van der Waals surface area (Å²) in [6.07, 6.45) is 10.8. The Morgan fingerprint density at radius 3 is 2.34 bits per heavy atom. The molecule has 8 heteroatoms. The smallest absolute Gasteiger partial charge is 0.225 e. The molecule has 1 amide bonds. The third-order valence-corrected chi connectivity index (χ3v) is 9.00. The minimum atomic E-state index is 0.253. The molecule has 0 unspecified atom stereocenters. The molecule has 1 saturated heterocycles. The van der Waals surface area contributed by atoms with Crippen LogP contribution in [-0.2, 0) is 4.79 Å². The van der Waals surface area contributed by atoms with Crippen LogP contribution in [0.5, 0.6) is 0 Å². The number of carbonyl (C=O) groups is 1. The quantitative estimate of drug-likeness (QED) is 0.520. The molecule has 6 rings (SSSR count). The molecule has 0 atom stereocenters. The average molecular weight is 493 g/mol. The Morgan fingerprint density at radius 1 is 0.943 bits per heavy atom. The Morgan fingerprint density at radius 2 is 1.63 bits per heavy atom. The first-order valence-electron chi connectivity index (χ1n) is 13.4. The van der Waals surface area contributed by atoms with E-state index in [-0.39, 0.29) is 5.92 Å². The molecule has 35 heavy (non-hydrogen) atoms. The van der Waals surface area contributed by atoms with Crippen LogP contribution in [0.3, 0.4) is 0 Å². The summed E-state index contributed by atoms with van der Waals surface area (Å²) >= 11 is 1.66. The molecule has 3 fully saturated rings. The van der Waals surface area contributed by atoms with Gasteiger partial charge in [-0.3, -0.25) is 4.79 Å². The Bertz CT molecular complexity index is 1160. The van der Waals surface area contributed by atoms with Gasteiger partial charge in [0.15, 0.2) is 5.82 Å². The highest BCUT2D eigenvalue weighted by molar-refractivity contribution is 7.20. The second-order valence-electron chi connectivity index (χ2n) is 10.5. The zero-order valence-corrected chi connectivity index (χ0v) is 21.5. The van der Waals surface area contributed by atoms with E-state index in [1.165, 1.54) is 50.5 Å². The fourth-order valence-electron chi connectivity index (χ4n) is 5.90. The number of hydrogen-bond acceptors (Lipinski definition) is 6. The molecule has 3 aliphatic rings. The fourth-order valence-corrected chi connectivity index (χ4v) is 6.85. The zero-order valence-electron chi connectivity index (χ0n) is 20.7. The molecule has 0 radical (unpaired) electrons. The Labute approximate surface area is 211 Å². The zero-order chi connectivity index (χ0) is 23.8. The van der Waals surface area contributed by atoms with Crippen LogP contribution in [0.1, 0.15) is 63.4 Å². The maximum absolute atomic E-state index is 13.0. The summed E-state index contributed by atoms with van der Waals surface area (Å²) in [5.74, 6) is 1.65. The molecular formula is C27H36N6OS. The van der Waals surface area contributed by atoms with Gasteiger partial charge in [-0.15, -0.1) is 5.10 Å². The second kappa shape index (κ2) is 9.80. The summed E-state index contributed by atoms with van der Waals surface area (Å²) in [4.78, 5) is 23.4. The second-order valence-corrected chi connectivity index (χ2v) is 11.5. The molecule has 3 aromatic rings. The number of nitrogens with zero attached hydrogens (tertiary/aromatic N) is 5. The van der Waals surface area contributed by atoms with Gasteiger partial charge in [0.2, 0.25) is 16.0 Å². The molecule has 3 heterocycles. The third kappa shape index (κ3) is 4.65. The van der Waals surface area contributed by atoms with E-state index < -0.39 is 0 Å². The van der Waals surface area contributed by atoms with Gasteiger partial charge in [-0.25, -0.2) is 4.98 Å². The molecule has 1 aliphatic heterocycles. The number of anilines is 2. The number of aromatic nitrogens is 3. The first-order valence-corrected chi connectivity index (χ1v) is 14.2. The minimum Gasteiger partial charge on any atom is -0.365 e. The average Bonchev–Trinajstić information content (AvgIpc) is 3.63. The molecule has 2 aliphatic carbocycles. The van der Waals surface area contributed by atoms with E-state index in [2.05, 4.69) is 46.3 Å². The lowest BCUT2D eigenvalue weighted by atomic mass is 9.88. The Kier molecular flexibility index (Phi) is 6.39. The lowest BCUT2D eigenvalue weighted by Gasteiger charge is -2.36. The largest absolute Gasteiger partial charge is 0.365 e. The number of fused-ring (bicyclic) bond motifs is 1. The molecule has 2 aromatic heterocycles. The number of benzene rings is 1. The van der Waals surface area contributed by atoms with E-state index in [0.29, 0.717) is 11.9 Å². The van der Waals surface area contributed by atoms with Gasteiger partial charge in [0.25, 0.3) is 0 Å². The number of imidazole rings is 1. The Balaban J connectivity index is 1.22. The molecule has 0 bridgehead atoms. The molecule has 0 spiro atoms. The third-order valence-electron chi connectivity index (χ3n) is 8.03. The fraction of sp³-hybridized carbons (Fsp3) is 0.593. The van der Waals surface area contributed by atoms with Crippen molar-refractivity contribution in [1.82, 2.24) is 19.5 Å². The predicted octanol–water partition coefficient (Wildman–Crippen LogP) is 5.35. The van der Waals surface area contributed by atoms with Gasteiger partial charge < -0.3 is 15.1 Å². The van der Waals surface area contributed by atoms with Gasteiger partial charge in [0.05, 0.1) is 0 Å². The van der Waals surface area contributed by atoms with Crippen molar-refractivity contribution in [3.05, 3.63) is 29.8 Å². The van der Waals surface area contributed by atoms with Crippen LogP contribution in [0, 0.1) is 12.8 Å². The van der Waals surface area contributed by atoms with Crippen molar-refractivity contribution in [3.63, 3.8) is 0 Å². The molecular weight excluding hydrogens is 456 g/mol. The van der Waals surface area contributed by atoms with Crippen molar-refractivity contribution >= 4 is 33.2 Å². The van der Waals surface area contributed by atoms with Crippen LogP contribution in [0.25, 0.3) is 16.2 Å². The van der Waals surface area contributed by atoms with Crippen LogP contribution >= 0.6 is 11.3 Å².